The van der Waals surface area contributed by atoms with Crippen LogP contribution in [0.15, 0.2) is 60.7 Å². The normalized spacial score (nSPS) is 17.3. The van der Waals surface area contributed by atoms with Gasteiger partial charge in [-0.3, -0.25) is 0 Å². The fraction of sp³-hybridized carbons (Fsp3) is 0.379. The van der Waals surface area contributed by atoms with Crippen LogP contribution in [0.1, 0.15) is 37.8 Å². The average Bonchev–Trinajstić information content (AvgIpc) is 2.89. The molecule has 2 unspecified atom stereocenters. The minimum atomic E-state index is -0.158. The van der Waals surface area contributed by atoms with Gasteiger partial charge in [0.1, 0.15) is 34.5 Å². The number of aromatic hydroxyl groups is 3. The van der Waals surface area contributed by atoms with Crippen LogP contribution in [0.25, 0.3) is 0 Å². The maximum absolute atomic E-state index is 9.28. The van der Waals surface area contributed by atoms with Gasteiger partial charge >= 0.3 is 0 Å². The van der Waals surface area contributed by atoms with Crippen molar-refractivity contribution in [1.29, 1.82) is 0 Å². The third kappa shape index (κ3) is 8.77. The molecule has 2 atom stereocenters. The van der Waals surface area contributed by atoms with Gasteiger partial charge in [-0.1, -0.05) is 18.2 Å². The first kappa shape index (κ1) is 28.0. The van der Waals surface area contributed by atoms with E-state index in [0.29, 0.717) is 13.2 Å². The van der Waals surface area contributed by atoms with Crippen molar-refractivity contribution in [2.75, 3.05) is 20.3 Å². The van der Waals surface area contributed by atoms with Crippen LogP contribution >= 0.6 is 0 Å². The topological polar surface area (TPSA) is 107 Å². The molecule has 2 aliphatic heterocycles. The molecular formula is C29H36O8. The minimum Gasteiger partial charge on any atom is -0.508 e. The number of fused-ring (bicyclic) bond motifs is 2. The summed E-state index contributed by atoms with van der Waals surface area (Å²) in [6, 6.07) is 17.0. The van der Waals surface area contributed by atoms with Gasteiger partial charge in [0.15, 0.2) is 12.6 Å². The molecule has 0 spiro atoms. The molecular weight excluding hydrogens is 476 g/mol. The lowest BCUT2D eigenvalue weighted by Gasteiger charge is -2.25. The van der Waals surface area contributed by atoms with Gasteiger partial charge in [-0.15, -0.1) is 0 Å². The molecule has 2 heterocycles. The lowest BCUT2D eigenvalue weighted by Crippen LogP contribution is -2.25. The lowest BCUT2D eigenvalue weighted by molar-refractivity contribution is -0.0864. The Hall–Kier alpha value is -3.62. The second-order valence-corrected chi connectivity index (χ2v) is 8.37. The second-order valence-electron chi connectivity index (χ2n) is 8.37. The molecule has 0 saturated heterocycles. The van der Waals surface area contributed by atoms with Crippen LogP contribution in [0.4, 0.5) is 0 Å². The molecule has 5 rings (SSSR count). The quantitative estimate of drug-likeness (QED) is 0.408. The molecule has 3 aromatic rings. The maximum atomic E-state index is 9.28. The standard InChI is InChI=1S/C12H16O3.C11H14O3.C6H6O2/c1-3-14-12-7-5-9-4-6-10(13-2)8-11(9)15-12;1-2-13-11-6-4-8-3-5-9(12)7-10(8)14-11;7-5-2-1-3-6(8)4-5/h4,6,8,12H,3,5,7H2,1-2H3;3,5,7,11-12H,2,4,6H2,1H3;1-4,7-8H. The van der Waals surface area contributed by atoms with Crippen molar-refractivity contribution in [3.8, 4) is 34.5 Å². The molecule has 2 aliphatic rings. The molecule has 200 valence electrons. The zero-order valence-corrected chi connectivity index (χ0v) is 21.6. The van der Waals surface area contributed by atoms with E-state index < -0.39 is 0 Å². The van der Waals surface area contributed by atoms with Gasteiger partial charge in [-0.25, -0.2) is 0 Å². The number of phenols is 3. The number of phenolic OH excluding ortho intramolecular Hbond substituents is 3. The molecule has 0 bridgehead atoms. The van der Waals surface area contributed by atoms with Crippen molar-refractivity contribution >= 4 is 0 Å². The number of benzene rings is 3. The van der Waals surface area contributed by atoms with E-state index in [1.54, 1.807) is 25.3 Å². The van der Waals surface area contributed by atoms with Crippen LogP contribution in [0, 0.1) is 0 Å². The average molecular weight is 513 g/mol. The van der Waals surface area contributed by atoms with Crippen LogP contribution in [0.2, 0.25) is 0 Å². The predicted molar refractivity (Wildman–Crippen MR) is 140 cm³/mol. The van der Waals surface area contributed by atoms with E-state index in [9.17, 15) is 5.11 Å². The van der Waals surface area contributed by atoms with E-state index in [4.69, 9.17) is 33.9 Å². The Morgan fingerprint density at radius 2 is 1.22 bits per heavy atom. The van der Waals surface area contributed by atoms with Crippen molar-refractivity contribution in [3.63, 3.8) is 0 Å². The third-order valence-electron chi connectivity index (χ3n) is 5.68. The van der Waals surface area contributed by atoms with Gasteiger partial charge in [0.25, 0.3) is 0 Å². The first-order valence-electron chi connectivity index (χ1n) is 12.4. The Kier molecular flexibility index (Phi) is 10.7. The molecule has 0 aliphatic carbocycles. The predicted octanol–water partition coefficient (Wildman–Crippen LogP) is 5.56. The third-order valence-corrected chi connectivity index (χ3v) is 5.68. The minimum absolute atomic E-state index is 0.0880. The molecule has 0 amide bonds. The Bertz CT molecular complexity index is 1100. The number of rotatable bonds is 5. The molecule has 3 N–H and O–H groups in total. The Labute approximate surface area is 218 Å². The number of aryl methyl sites for hydroxylation is 2. The van der Waals surface area contributed by atoms with Crippen LogP contribution in [-0.2, 0) is 22.3 Å². The van der Waals surface area contributed by atoms with Crippen LogP contribution in [0.5, 0.6) is 34.5 Å². The Balaban J connectivity index is 0.000000161. The van der Waals surface area contributed by atoms with E-state index in [1.807, 2.05) is 32.0 Å². The van der Waals surface area contributed by atoms with E-state index in [2.05, 4.69) is 6.07 Å². The first-order valence-corrected chi connectivity index (χ1v) is 12.4. The summed E-state index contributed by atoms with van der Waals surface area (Å²) in [5.41, 5.74) is 2.37. The first-order chi connectivity index (χ1) is 17.9. The number of ether oxygens (including phenoxy) is 5. The zero-order chi connectivity index (χ0) is 26.6. The van der Waals surface area contributed by atoms with Crippen LogP contribution < -0.4 is 14.2 Å². The van der Waals surface area contributed by atoms with Gasteiger partial charge in [-0.2, -0.15) is 0 Å². The highest BCUT2D eigenvalue weighted by Crippen LogP contribution is 2.32. The largest absolute Gasteiger partial charge is 0.508 e. The van der Waals surface area contributed by atoms with E-state index in [-0.39, 0.29) is 29.8 Å². The molecule has 0 fully saturated rings. The van der Waals surface area contributed by atoms with Crippen molar-refractivity contribution in [3.05, 3.63) is 71.8 Å². The smallest absolute Gasteiger partial charge is 0.200 e. The van der Waals surface area contributed by atoms with Crippen LogP contribution in [0.3, 0.4) is 0 Å². The van der Waals surface area contributed by atoms with E-state index >= 15 is 0 Å². The molecule has 0 aromatic heterocycles. The van der Waals surface area contributed by atoms with Crippen molar-refractivity contribution < 1.29 is 39.0 Å². The fourth-order valence-corrected chi connectivity index (χ4v) is 3.88. The second kappa shape index (κ2) is 14.2. The summed E-state index contributed by atoms with van der Waals surface area (Å²) in [6.07, 6.45) is 3.49. The van der Waals surface area contributed by atoms with Gasteiger partial charge < -0.3 is 39.0 Å². The summed E-state index contributed by atoms with van der Waals surface area (Å²) in [5, 5.41) is 26.6. The highest BCUT2D eigenvalue weighted by Gasteiger charge is 2.20. The monoisotopic (exact) mass is 512 g/mol. The summed E-state index contributed by atoms with van der Waals surface area (Å²) in [5.74, 6) is 2.87. The number of methoxy groups -OCH3 is 1. The van der Waals surface area contributed by atoms with Crippen molar-refractivity contribution in [2.24, 2.45) is 0 Å². The van der Waals surface area contributed by atoms with Crippen molar-refractivity contribution in [1.82, 2.24) is 0 Å². The summed E-state index contributed by atoms with van der Waals surface area (Å²) in [6.45, 7) is 5.26. The number of hydrogen-bond acceptors (Lipinski definition) is 8. The van der Waals surface area contributed by atoms with E-state index in [0.717, 1.165) is 48.5 Å². The zero-order valence-electron chi connectivity index (χ0n) is 21.6. The van der Waals surface area contributed by atoms with E-state index in [1.165, 1.54) is 23.8 Å². The molecule has 37 heavy (non-hydrogen) atoms. The van der Waals surface area contributed by atoms with Gasteiger partial charge in [0.05, 0.1) is 7.11 Å². The van der Waals surface area contributed by atoms with Gasteiger partial charge in [0.2, 0.25) is 0 Å². The highest BCUT2D eigenvalue weighted by molar-refractivity contribution is 5.42. The molecule has 8 nitrogen and oxygen atoms in total. The number of hydrogen-bond donors (Lipinski definition) is 3. The highest BCUT2D eigenvalue weighted by atomic mass is 16.7. The lowest BCUT2D eigenvalue weighted by atomic mass is 10.1. The summed E-state index contributed by atoms with van der Waals surface area (Å²) in [7, 11) is 1.66. The Morgan fingerprint density at radius 3 is 1.70 bits per heavy atom. The molecule has 3 aromatic carbocycles. The SMILES string of the molecule is CCOC1CCc2ccc(O)cc2O1.CCOC1CCc2ccc(OC)cc2O1.Oc1cccc(O)c1. The fourth-order valence-electron chi connectivity index (χ4n) is 3.88. The summed E-state index contributed by atoms with van der Waals surface area (Å²) in [4.78, 5) is 0. The summed E-state index contributed by atoms with van der Waals surface area (Å²) < 4.78 is 27.3. The van der Waals surface area contributed by atoms with Crippen molar-refractivity contribution in [2.45, 2.75) is 52.1 Å². The van der Waals surface area contributed by atoms with Gasteiger partial charge in [0, 0.05) is 44.3 Å². The Morgan fingerprint density at radius 1 is 0.703 bits per heavy atom. The maximum Gasteiger partial charge on any atom is 0.200 e. The molecule has 0 saturated carbocycles. The molecule has 8 heteroatoms. The summed E-state index contributed by atoms with van der Waals surface area (Å²) >= 11 is 0. The van der Waals surface area contributed by atoms with Crippen LogP contribution in [-0.4, -0.2) is 48.2 Å². The van der Waals surface area contributed by atoms with Gasteiger partial charge in [-0.05, 0) is 62.1 Å². The molecule has 0 radical (unpaired) electrons.